The predicted molar refractivity (Wildman–Crippen MR) is 56.8 cm³/mol. The van der Waals surface area contributed by atoms with Crippen LogP contribution in [0.2, 0.25) is 0 Å². The molecule has 0 aromatic heterocycles. The lowest BCUT2D eigenvalue weighted by molar-refractivity contribution is 0.552. The number of hydrogen-bond donors (Lipinski definition) is 0. The molecule has 0 aliphatic heterocycles. The van der Waals surface area contributed by atoms with Gasteiger partial charge >= 0.3 is 10.2 Å². The third-order valence-electron chi connectivity index (χ3n) is 1.42. The normalized spacial score (nSPS) is 12.5. The van der Waals surface area contributed by atoms with Crippen LogP contribution in [0.25, 0.3) is 0 Å². The van der Waals surface area contributed by atoms with Crippen LogP contribution in [0.5, 0.6) is 0 Å². The molecule has 1 aromatic rings. The highest BCUT2D eigenvalue weighted by atomic mass is 32.3. The van der Waals surface area contributed by atoms with E-state index in [1.807, 2.05) is 0 Å². The summed E-state index contributed by atoms with van der Waals surface area (Å²) in [5.74, 6) is 0. The van der Waals surface area contributed by atoms with Gasteiger partial charge in [0.25, 0.3) is 0 Å². The average Bonchev–Trinajstić information content (AvgIpc) is 1.99. The zero-order chi connectivity index (χ0) is 11.7. The van der Waals surface area contributed by atoms with Crippen LogP contribution in [-0.4, -0.2) is 25.1 Å². The molecular formula is C8H10FNO3S2. The summed E-state index contributed by atoms with van der Waals surface area (Å²) >= 11 is 0. The molecule has 0 heterocycles. The third kappa shape index (κ3) is 3.96. The zero-order valence-corrected chi connectivity index (χ0v) is 9.81. The van der Waals surface area contributed by atoms with E-state index in [1.165, 1.54) is 24.6 Å². The molecule has 0 aliphatic rings. The predicted octanol–water partition coefficient (Wildman–Crippen LogP) is 1.70. The third-order valence-corrected chi connectivity index (χ3v) is 2.89. The maximum absolute atomic E-state index is 12.6. The second kappa shape index (κ2) is 3.90. The van der Waals surface area contributed by atoms with Gasteiger partial charge < -0.3 is 0 Å². The Bertz CT molecular complexity index is 578. The highest BCUT2D eigenvalue weighted by Crippen LogP contribution is 2.20. The van der Waals surface area contributed by atoms with Crippen LogP contribution in [0.15, 0.2) is 33.5 Å². The Morgan fingerprint density at radius 2 is 1.80 bits per heavy atom. The number of benzene rings is 1. The molecule has 0 unspecified atom stereocenters. The van der Waals surface area contributed by atoms with Crippen molar-refractivity contribution in [3.8, 4) is 0 Å². The van der Waals surface area contributed by atoms with Crippen LogP contribution < -0.4 is 0 Å². The van der Waals surface area contributed by atoms with Gasteiger partial charge in [0.15, 0.2) is 0 Å². The molecule has 1 rings (SSSR count). The van der Waals surface area contributed by atoms with Crippen LogP contribution in [0.1, 0.15) is 0 Å². The SMILES string of the molecule is CS(C)(=O)=Nc1cccc(S(=O)(=O)F)c1. The van der Waals surface area contributed by atoms with E-state index in [-0.39, 0.29) is 5.69 Å². The van der Waals surface area contributed by atoms with Crippen LogP contribution in [-0.2, 0) is 20.0 Å². The van der Waals surface area contributed by atoms with Crippen molar-refractivity contribution < 1.29 is 16.5 Å². The van der Waals surface area contributed by atoms with Gasteiger partial charge in [-0.2, -0.15) is 12.8 Å². The second-order valence-electron chi connectivity index (χ2n) is 3.21. The Labute approximate surface area is 88.5 Å². The molecule has 0 saturated carbocycles. The maximum Gasteiger partial charge on any atom is 0.332 e. The largest absolute Gasteiger partial charge is 0.332 e. The van der Waals surface area contributed by atoms with Crippen LogP contribution in [0, 0.1) is 0 Å². The number of nitrogens with zero attached hydrogens (tertiary/aromatic N) is 1. The van der Waals surface area contributed by atoms with Crippen molar-refractivity contribution in [1.82, 2.24) is 0 Å². The molecule has 0 bridgehead atoms. The molecule has 15 heavy (non-hydrogen) atoms. The van der Waals surface area contributed by atoms with Gasteiger partial charge in [0.05, 0.1) is 5.69 Å². The molecule has 7 heteroatoms. The number of hydrogen-bond acceptors (Lipinski definition) is 4. The molecule has 0 spiro atoms. The lowest BCUT2D eigenvalue weighted by Crippen LogP contribution is -1.92. The monoisotopic (exact) mass is 251 g/mol. The second-order valence-corrected chi connectivity index (χ2v) is 7.10. The first-order valence-electron chi connectivity index (χ1n) is 3.90. The standard InChI is InChI=1S/C8H10FNO3S2/c1-14(2,11)10-7-4-3-5-8(6-7)15(9,12)13/h3-6H,1-2H3. The molecule has 0 fully saturated rings. The fourth-order valence-electron chi connectivity index (χ4n) is 0.946. The first-order chi connectivity index (χ1) is 6.68. The Kier molecular flexibility index (Phi) is 3.15. The van der Waals surface area contributed by atoms with Crippen LogP contribution in [0.3, 0.4) is 0 Å². The van der Waals surface area contributed by atoms with E-state index in [1.54, 1.807) is 0 Å². The van der Waals surface area contributed by atoms with Crippen LogP contribution >= 0.6 is 0 Å². The summed E-state index contributed by atoms with van der Waals surface area (Å²) in [4.78, 5) is -0.479. The topological polar surface area (TPSA) is 63.6 Å². The van der Waals surface area contributed by atoms with Gasteiger partial charge in [0, 0.05) is 22.2 Å². The van der Waals surface area contributed by atoms with Gasteiger partial charge in [-0.05, 0) is 18.2 Å². The minimum Gasteiger partial charge on any atom is -0.250 e. The molecule has 0 amide bonds. The molecule has 0 aliphatic carbocycles. The highest BCUT2D eigenvalue weighted by molar-refractivity contribution is 7.92. The van der Waals surface area contributed by atoms with Gasteiger partial charge in [-0.25, -0.2) is 4.21 Å². The lowest BCUT2D eigenvalue weighted by atomic mass is 10.3. The summed E-state index contributed by atoms with van der Waals surface area (Å²) in [6, 6.07) is 4.96. The van der Waals surface area contributed by atoms with Gasteiger partial charge in [-0.15, -0.1) is 3.89 Å². The molecule has 4 nitrogen and oxygen atoms in total. The van der Waals surface area contributed by atoms with Crippen molar-refractivity contribution in [3.05, 3.63) is 24.3 Å². The highest BCUT2D eigenvalue weighted by Gasteiger charge is 2.11. The van der Waals surface area contributed by atoms with Gasteiger partial charge in [0.2, 0.25) is 0 Å². The van der Waals surface area contributed by atoms with Crippen molar-refractivity contribution in [2.45, 2.75) is 4.90 Å². The summed E-state index contributed by atoms with van der Waals surface area (Å²) in [7, 11) is -7.12. The summed E-state index contributed by atoms with van der Waals surface area (Å²) in [5.41, 5.74) is 0.184. The van der Waals surface area contributed by atoms with Gasteiger partial charge in [0.1, 0.15) is 4.90 Å². The Morgan fingerprint density at radius 1 is 1.20 bits per heavy atom. The molecular weight excluding hydrogens is 241 g/mol. The van der Waals surface area contributed by atoms with Crippen LogP contribution in [0.4, 0.5) is 9.57 Å². The fourth-order valence-corrected chi connectivity index (χ4v) is 2.07. The fraction of sp³-hybridized carbons (Fsp3) is 0.250. The molecule has 0 saturated heterocycles. The molecule has 1 aromatic carbocycles. The quantitative estimate of drug-likeness (QED) is 0.751. The molecule has 84 valence electrons. The van der Waals surface area contributed by atoms with E-state index in [0.29, 0.717) is 0 Å². The summed E-state index contributed by atoms with van der Waals surface area (Å²) < 4.78 is 48.8. The maximum atomic E-state index is 12.6. The van der Waals surface area contributed by atoms with Crippen molar-refractivity contribution in [2.24, 2.45) is 4.36 Å². The van der Waals surface area contributed by atoms with E-state index in [4.69, 9.17) is 0 Å². The molecule has 0 N–H and O–H groups in total. The first-order valence-corrected chi connectivity index (χ1v) is 7.62. The van der Waals surface area contributed by atoms with E-state index in [0.717, 1.165) is 12.1 Å². The molecule has 0 atom stereocenters. The van der Waals surface area contributed by atoms with Crippen molar-refractivity contribution in [1.29, 1.82) is 0 Å². The van der Waals surface area contributed by atoms with E-state index >= 15 is 0 Å². The summed E-state index contributed by atoms with van der Waals surface area (Å²) in [5, 5.41) is 0. The minimum absolute atomic E-state index is 0.184. The number of rotatable bonds is 2. The zero-order valence-electron chi connectivity index (χ0n) is 8.18. The van der Waals surface area contributed by atoms with Crippen molar-refractivity contribution in [2.75, 3.05) is 12.5 Å². The molecule has 0 radical (unpaired) electrons. The Balaban J connectivity index is 3.34. The summed E-state index contributed by atoms with van der Waals surface area (Å²) in [6.07, 6.45) is 2.81. The average molecular weight is 251 g/mol. The van der Waals surface area contributed by atoms with Crippen molar-refractivity contribution >= 4 is 25.6 Å². The van der Waals surface area contributed by atoms with Crippen molar-refractivity contribution in [3.63, 3.8) is 0 Å². The van der Waals surface area contributed by atoms with E-state index in [9.17, 15) is 16.5 Å². The Morgan fingerprint density at radius 3 is 2.27 bits per heavy atom. The van der Waals surface area contributed by atoms with E-state index < -0.39 is 24.8 Å². The van der Waals surface area contributed by atoms with Gasteiger partial charge in [-0.3, -0.25) is 0 Å². The first kappa shape index (κ1) is 12.1. The Hall–Kier alpha value is -0.950. The minimum atomic E-state index is -4.73. The lowest BCUT2D eigenvalue weighted by Gasteiger charge is -1.98. The van der Waals surface area contributed by atoms with Gasteiger partial charge in [-0.1, -0.05) is 6.07 Å². The number of halogens is 1. The summed E-state index contributed by atoms with van der Waals surface area (Å²) in [6.45, 7) is 0. The smallest absolute Gasteiger partial charge is 0.250 e. The van der Waals surface area contributed by atoms with E-state index in [2.05, 4.69) is 4.36 Å².